The molecule has 112 valence electrons. The maximum atomic E-state index is 5.82. The zero-order valence-electron chi connectivity index (χ0n) is 12.3. The van der Waals surface area contributed by atoms with Gasteiger partial charge in [0.05, 0.1) is 32.3 Å². The Morgan fingerprint density at radius 1 is 0.789 bits per heavy atom. The van der Waals surface area contributed by atoms with Crippen molar-refractivity contribution in [1.82, 2.24) is 0 Å². The van der Waals surface area contributed by atoms with Crippen LogP contribution in [-0.4, -0.2) is 39.0 Å². The van der Waals surface area contributed by atoms with Gasteiger partial charge in [0.2, 0.25) is 0 Å². The lowest BCUT2D eigenvalue weighted by Gasteiger charge is -2.37. The van der Waals surface area contributed by atoms with E-state index in [9.17, 15) is 0 Å². The summed E-state index contributed by atoms with van der Waals surface area (Å²) in [5.41, 5.74) is 0. The van der Waals surface area contributed by atoms with Crippen molar-refractivity contribution in [3.8, 4) is 0 Å². The van der Waals surface area contributed by atoms with E-state index in [-0.39, 0.29) is 18.5 Å². The monoisotopic (exact) mass is 272 g/mol. The molecule has 0 aliphatic carbocycles. The highest BCUT2D eigenvalue weighted by molar-refractivity contribution is 4.71. The van der Waals surface area contributed by atoms with Crippen LogP contribution in [0.4, 0.5) is 0 Å². The smallest absolute Gasteiger partial charge is 0.164 e. The highest BCUT2D eigenvalue weighted by Crippen LogP contribution is 2.25. The molecule has 2 fully saturated rings. The van der Waals surface area contributed by atoms with Crippen LogP contribution in [0.2, 0.25) is 0 Å². The van der Waals surface area contributed by atoms with Gasteiger partial charge in [0.15, 0.2) is 12.6 Å². The standard InChI is InChI=1S/C15H28O4/c1-3-5-7-14-16-10-13(11-17-14)15-18-8-12(6-4-2)9-19-15/h12-15H,3-11H2,1-2H3. The molecular weight excluding hydrogens is 244 g/mol. The van der Waals surface area contributed by atoms with Crippen molar-refractivity contribution in [3.05, 3.63) is 0 Å². The lowest BCUT2D eigenvalue weighted by molar-refractivity contribution is -0.281. The first-order chi connectivity index (χ1) is 9.33. The van der Waals surface area contributed by atoms with Crippen molar-refractivity contribution in [3.63, 3.8) is 0 Å². The molecule has 0 aromatic heterocycles. The zero-order chi connectivity index (χ0) is 13.5. The third kappa shape index (κ3) is 4.71. The Morgan fingerprint density at radius 3 is 2.05 bits per heavy atom. The van der Waals surface area contributed by atoms with Crippen LogP contribution in [0.3, 0.4) is 0 Å². The van der Waals surface area contributed by atoms with Gasteiger partial charge in [-0.15, -0.1) is 0 Å². The average Bonchev–Trinajstić information content (AvgIpc) is 2.47. The van der Waals surface area contributed by atoms with Gasteiger partial charge >= 0.3 is 0 Å². The van der Waals surface area contributed by atoms with E-state index in [1.165, 1.54) is 19.3 Å². The Labute approximate surface area is 116 Å². The number of unbranched alkanes of at least 4 members (excludes halogenated alkanes) is 1. The molecule has 2 aliphatic heterocycles. The summed E-state index contributed by atoms with van der Waals surface area (Å²) in [5, 5.41) is 0. The molecule has 0 bridgehead atoms. The van der Waals surface area contributed by atoms with Crippen LogP contribution >= 0.6 is 0 Å². The molecule has 0 spiro atoms. The normalized spacial score (nSPS) is 36.3. The Bertz CT molecular complexity index is 230. The largest absolute Gasteiger partial charge is 0.352 e. The van der Waals surface area contributed by atoms with Crippen molar-refractivity contribution >= 4 is 0 Å². The van der Waals surface area contributed by atoms with Crippen molar-refractivity contribution in [2.75, 3.05) is 26.4 Å². The molecule has 0 saturated carbocycles. The second-order valence-electron chi connectivity index (χ2n) is 5.69. The van der Waals surface area contributed by atoms with E-state index in [4.69, 9.17) is 18.9 Å². The number of rotatable bonds is 6. The van der Waals surface area contributed by atoms with E-state index in [1.807, 2.05) is 0 Å². The van der Waals surface area contributed by atoms with E-state index < -0.39 is 0 Å². The van der Waals surface area contributed by atoms with Gasteiger partial charge in [0, 0.05) is 5.92 Å². The maximum Gasteiger partial charge on any atom is 0.164 e. The minimum absolute atomic E-state index is 0.0207. The molecule has 2 aliphatic rings. The molecule has 2 heterocycles. The molecule has 0 radical (unpaired) electrons. The highest BCUT2D eigenvalue weighted by Gasteiger charge is 2.33. The van der Waals surface area contributed by atoms with Gasteiger partial charge < -0.3 is 18.9 Å². The van der Waals surface area contributed by atoms with Gasteiger partial charge in [-0.1, -0.05) is 26.7 Å². The fraction of sp³-hybridized carbons (Fsp3) is 1.00. The van der Waals surface area contributed by atoms with Crippen LogP contribution in [0.1, 0.15) is 46.0 Å². The predicted molar refractivity (Wildman–Crippen MR) is 72.8 cm³/mol. The predicted octanol–water partition coefficient (Wildman–Crippen LogP) is 2.95. The molecular formula is C15H28O4. The highest BCUT2D eigenvalue weighted by atomic mass is 16.7. The summed E-state index contributed by atoms with van der Waals surface area (Å²) < 4.78 is 23.1. The van der Waals surface area contributed by atoms with Gasteiger partial charge in [0.1, 0.15) is 0 Å². The molecule has 0 amide bonds. The number of ether oxygens (including phenoxy) is 4. The van der Waals surface area contributed by atoms with E-state index in [1.54, 1.807) is 0 Å². The summed E-state index contributed by atoms with van der Waals surface area (Å²) in [5.74, 6) is 0.782. The molecule has 0 N–H and O–H groups in total. The topological polar surface area (TPSA) is 36.9 Å². The van der Waals surface area contributed by atoms with E-state index in [0.717, 1.165) is 26.1 Å². The van der Waals surface area contributed by atoms with E-state index in [2.05, 4.69) is 13.8 Å². The van der Waals surface area contributed by atoms with E-state index >= 15 is 0 Å². The Morgan fingerprint density at radius 2 is 1.47 bits per heavy atom. The minimum atomic E-state index is -0.139. The van der Waals surface area contributed by atoms with Crippen LogP contribution in [0.5, 0.6) is 0 Å². The number of hydrogen-bond acceptors (Lipinski definition) is 4. The third-order valence-electron chi connectivity index (χ3n) is 3.86. The van der Waals surface area contributed by atoms with Crippen LogP contribution in [-0.2, 0) is 18.9 Å². The van der Waals surface area contributed by atoms with Gasteiger partial charge in [-0.3, -0.25) is 0 Å². The fourth-order valence-corrected chi connectivity index (χ4v) is 2.66. The first kappa shape index (κ1) is 15.2. The van der Waals surface area contributed by atoms with Gasteiger partial charge in [-0.2, -0.15) is 0 Å². The summed E-state index contributed by atoms with van der Waals surface area (Å²) in [6.07, 6.45) is 5.55. The van der Waals surface area contributed by atoms with Crippen LogP contribution < -0.4 is 0 Å². The Kier molecular flexibility index (Phi) is 6.57. The molecule has 0 unspecified atom stereocenters. The second-order valence-corrected chi connectivity index (χ2v) is 5.69. The lowest BCUT2D eigenvalue weighted by atomic mass is 10.0. The molecule has 19 heavy (non-hydrogen) atoms. The molecule has 0 aromatic rings. The molecule has 4 heteroatoms. The van der Waals surface area contributed by atoms with Crippen molar-refractivity contribution in [2.45, 2.75) is 58.5 Å². The van der Waals surface area contributed by atoms with Crippen LogP contribution in [0, 0.1) is 11.8 Å². The molecule has 2 rings (SSSR count). The Hall–Kier alpha value is -0.160. The van der Waals surface area contributed by atoms with Crippen molar-refractivity contribution in [2.24, 2.45) is 11.8 Å². The number of hydrogen-bond donors (Lipinski definition) is 0. The second kappa shape index (κ2) is 8.20. The SMILES string of the molecule is CCCCC1OCC(C2OCC(CCC)CO2)CO1. The van der Waals surface area contributed by atoms with Crippen LogP contribution in [0.15, 0.2) is 0 Å². The Balaban J connectivity index is 1.65. The zero-order valence-corrected chi connectivity index (χ0v) is 12.3. The van der Waals surface area contributed by atoms with Crippen molar-refractivity contribution in [1.29, 1.82) is 0 Å². The molecule has 2 saturated heterocycles. The summed E-state index contributed by atoms with van der Waals surface area (Å²) in [6.45, 7) is 7.39. The first-order valence-electron chi connectivity index (χ1n) is 7.79. The average molecular weight is 272 g/mol. The van der Waals surface area contributed by atoms with Gasteiger partial charge in [0.25, 0.3) is 0 Å². The van der Waals surface area contributed by atoms with Gasteiger partial charge in [-0.25, -0.2) is 0 Å². The molecule has 0 aromatic carbocycles. The summed E-state index contributed by atoms with van der Waals surface area (Å²) in [6, 6.07) is 0. The van der Waals surface area contributed by atoms with Crippen molar-refractivity contribution < 1.29 is 18.9 Å². The quantitative estimate of drug-likeness (QED) is 0.745. The van der Waals surface area contributed by atoms with Crippen LogP contribution in [0.25, 0.3) is 0 Å². The fourth-order valence-electron chi connectivity index (χ4n) is 2.66. The summed E-state index contributed by atoms with van der Waals surface area (Å²) >= 11 is 0. The first-order valence-corrected chi connectivity index (χ1v) is 7.79. The van der Waals surface area contributed by atoms with Gasteiger partial charge in [-0.05, 0) is 19.3 Å². The van der Waals surface area contributed by atoms with E-state index in [0.29, 0.717) is 19.1 Å². The molecule has 0 atom stereocenters. The maximum absolute atomic E-state index is 5.82. The third-order valence-corrected chi connectivity index (χ3v) is 3.86. The lowest BCUT2D eigenvalue weighted by Crippen LogP contribution is -2.44. The minimum Gasteiger partial charge on any atom is -0.352 e. The molecule has 4 nitrogen and oxygen atoms in total. The summed E-state index contributed by atoms with van der Waals surface area (Å²) in [7, 11) is 0. The summed E-state index contributed by atoms with van der Waals surface area (Å²) in [4.78, 5) is 0.